The van der Waals surface area contributed by atoms with Gasteiger partial charge in [0.05, 0.1) is 12.3 Å². The van der Waals surface area contributed by atoms with Crippen LogP contribution in [-0.4, -0.2) is 18.0 Å². The molecular weight excluding hydrogens is 277 g/mol. The van der Waals surface area contributed by atoms with Crippen LogP contribution in [0.25, 0.3) is 0 Å². The van der Waals surface area contributed by atoms with Crippen molar-refractivity contribution in [2.24, 2.45) is 10.4 Å². The Morgan fingerprint density at radius 2 is 2.20 bits per heavy atom. The van der Waals surface area contributed by atoms with E-state index in [-0.39, 0.29) is 11.2 Å². The van der Waals surface area contributed by atoms with Gasteiger partial charge in [0.1, 0.15) is 0 Å². The lowest BCUT2D eigenvalue weighted by molar-refractivity contribution is 0.191. The Bertz CT molecular complexity index is 532. The Labute approximate surface area is 123 Å². The number of nitrogens with zero attached hydrogens (tertiary/aromatic N) is 2. The number of hydrogen-bond acceptors (Lipinski definition) is 4. The molecule has 0 atom stereocenters. The molecule has 108 valence electrons. The zero-order valence-corrected chi connectivity index (χ0v) is 12.8. The molecule has 1 aromatic carbocycles. The molecular formula is C14H18FN3OS. The molecule has 20 heavy (non-hydrogen) atoms. The highest BCUT2D eigenvalue weighted by Crippen LogP contribution is 2.25. The molecule has 0 heterocycles. The smallest absolute Gasteiger partial charge is 0.183 e. The molecule has 0 amide bonds. The van der Waals surface area contributed by atoms with Gasteiger partial charge in [0.25, 0.3) is 0 Å². The quantitative estimate of drug-likeness (QED) is 0.400. The number of thioether (sulfide) groups is 1. The van der Waals surface area contributed by atoms with Crippen molar-refractivity contribution < 1.29 is 9.13 Å². The van der Waals surface area contributed by atoms with E-state index in [4.69, 9.17) is 10.00 Å². The number of nitriles is 1. The second-order valence-corrected chi connectivity index (χ2v) is 6.12. The molecule has 0 fully saturated rings. The van der Waals surface area contributed by atoms with Gasteiger partial charge in [0.2, 0.25) is 0 Å². The van der Waals surface area contributed by atoms with Crippen molar-refractivity contribution in [2.75, 3.05) is 12.9 Å². The molecule has 0 radical (unpaired) electrons. The van der Waals surface area contributed by atoms with Crippen molar-refractivity contribution in [2.45, 2.75) is 20.8 Å². The first-order chi connectivity index (χ1) is 9.35. The Hall–Kier alpha value is -1.74. The summed E-state index contributed by atoms with van der Waals surface area (Å²) in [6.07, 6.45) is 3.56. The van der Waals surface area contributed by atoms with Gasteiger partial charge in [-0.2, -0.15) is 5.26 Å². The summed E-state index contributed by atoms with van der Waals surface area (Å²) in [5.41, 5.74) is 0.393. The largest absolute Gasteiger partial charge is 0.490 e. The third kappa shape index (κ3) is 5.49. The topological polar surface area (TPSA) is 57.4 Å². The number of hydrogen-bond donors (Lipinski definition) is 1. The van der Waals surface area contributed by atoms with Crippen molar-refractivity contribution in [3.05, 3.63) is 24.0 Å². The van der Waals surface area contributed by atoms with Crippen LogP contribution in [0.5, 0.6) is 5.75 Å². The van der Waals surface area contributed by atoms with Crippen molar-refractivity contribution in [1.82, 2.24) is 5.32 Å². The monoisotopic (exact) mass is 295 g/mol. The Morgan fingerprint density at radius 3 is 2.70 bits per heavy atom. The number of rotatable bonds is 3. The number of benzene rings is 1. The first-order valence-electron chi connectivity index (χ1n) is 6.06. The lowest BCUT2D eigenvalue weighted by Gasteiger charge is -2.19. The second kappa shape index (κ2) is 7.15. The van der Waals surface area contributed by atoms with Crippen molar-refractivity contribution in [1.29, 1.82) is 5.26 Å². The van der Waals surface area contributed by atoms with Crippen LogP contribution >= 0.6 is 11.8 Å². The first-order valence-corrected chi connectivity index (χ1v) is 7.28. The second-order valence-electron chi connectivity index (χ2n) is 5.32. The molecule has 0 saturated heterocycles. The van der Waals surface area contributed by atoms with Crippen LogP contribution in [0, 0.1) is 22.7 Å². The van der Waals surface area contributed by atoms with E-state index >= 15 is 0 Å². The van der Waals surface area contributed by atoms with Gasteiger partial charge in [0.15, 0.2) is 22.9 Å². The van der Waals surface area contributed by atoms with Gasteiger partial charge in [-0.15, -0.1) is 0 Å². The summed E-state index contributed by atoms with van der Waals surface area (Å²) in [7, 11) is 0. The van der Waals surface area contributed by atoms with Gasteiger partial charge >= 0.3 is 0 Å². The summed E-state index contributed by atoms with van der Waals surface area (Å²) in [6.45, 7) is 6.48. The Balaban J connectivity index is 2.85. The van der Waals surface area contributed by atoms with Gasteiger partial charge in [-0.25, -0.2) is 9.38 Å². The fraction of sp³-hybridized carbons (Fsp3) is 0.429. The molecule has 0 aromatic heterocycles. The SMILES string of the molecule is CSC(=Nc1ccc(OCC(C)(C)C)c(F)c1)NC#N. The van der Waals surface area contributed by atoms with Crippen LogP contribution in [0.3, 0.4) is 0 Å². The number of halogens is 1. The van der Waals surface area contributed by atoms with E-state index in [9.17, 15) is 4.39 Å². The molecule has 4 nitrogen and oxygen atoms in total. The molecule has 0 spiro atoms. The summed E-state index contributed by atoms with van der Waals surface area (Å²) in [6, 6.07) is 4.48. The van der Waals surface area contributed by atoms with Crippen LogP contribution in [0.15, 0.2) is 23.2 Å². The standard InChI is InChI=1S/C14H18FN3OS/c1-14(2,3)8-19-12-6-5-10(7-11(12)15)18-13(20-4)17-9-16/h5-7H,8H2,1-4H3,(H,17,18). The first kappa shape index (κ1) is 16.3. The minimum absolute atomic E-state index is 0.0357. The van der Waals surface area contributed by atoms with E-state index < -0.39 is 5.82 Å². The minimum Gasteiger partial charge on any atom is -0.490 e. The zero-order valence-electron chi connectivity index (χ0n) is 12.0. The van der Waals surface area contributed by atoms with Crippen molar-refractivity contribution >= 4 is 22.6 Å². The van der Waals surface area contributed by atoms with Gasteiger partial charge in [-0.3, -0.25) is 5.32 Å². The van der Waals surface area contributed by atoms with Crippen LogP contribution < -0.4 is 10.1 Å². The van der Waals surface area contributed by atoms with Gasteiger partial charge in [-0.1, -0.05) is 32.5 Å². The van der Waals surface area contributed by atoms with Gasteiger partial charge in [0, 0.05) is 6.07 Å². The molecule has 1 N–H and O–H groups in total. The highest BCUT2D eigenvalue weighted by Gasteiger charge is 2.13. The lowest BCUT2D eigenvalue weighted by atomic mass is 9.99. The third-order valence-electron chi connectivity index (χ3n) is 2.16. The zero-order chi connectivity index (χ0) is 15.2. The van der Waals surface area contributed by atoms with E-state index in [2.05, 4.69) is 10.3 Å². The molecule has 6 heteroatoms. The van der Waals surface area contributed by atoms with Crippen LogP contribution in [-0.2, 0) is 0 Å². The van der Waals surface area contributed by atoms with Crippen molar-refractivity contribution in [3.63, 3.8) is 0 Å². The van der Waals surface area contributed by atoms with E-state index in [1.807, 2.05) is 20.8 Å². The van der Waals surface area contributed by atoms with Gasteiger partial charge < -0.3 is 4.74 Å². The van der Waals surface area contributed by atoms with Crippen LogP contribution in [0.4, 0.5) is 10.1 Å². The summed E-state index contributed by atoms with van der Waals surface area (Å²) in [5.74, 6) is -0.259. The number of aliphatic imine (C=N–C) groups is 1. The van der Waals surface area contributed by atoms with Gasteiger partial charge in [-0.05, 0) is 23.8 Å². The molecule has 1 rings (SSSR count). The maximum absolute atomic E-state index is 13.9. The fourth-order valence-electron chi connectivity index (χ4n) is 1.26. The normalized spacial score (nSPS) is 11.9. The molecule has 0 unspecified atom stereocenters. The average molecular weight is 295 g/mol. The molecule has 0 aliphatic carbocycles. The molecule has 0 aliphatic rings. The predicted octanol–water partition coefficient (Wildman–Crippen LogP) is 3.67. The summed E-state index contributed by atoms with van der Waals surface area (Å²) in [5, 5.41) is 11.4. The predicted molar refractivity (Wildman–Crippen MR) is 80.7 cm³/mol. The molecule has 1 aromatic rings. The highest BCUT2D eigenvalue weighted by atomic mass is 32.2. The van der Waals surface area contributed by atoms with E-state index in [1.165, 1.54) is 17.8 Å². The lowest BCUT2D eigenvalue weighted by Crippen LogP contribution is -2.17. The van der Waals surface area contributed by atoms with E-state index in [0.29, 0.717) is 17.5 Å². The maximum Gasteiger partial charge on any atom is 0.183 e. The Kier molecular flexibility index (Phi) is 5.83. The third-order valence-corrected chi connectivity index (χ3v) is 2.74. The molecule has 0 aliphatic heterocycles. The molecule has 0 bridgehead atoms. The summed E-state index contributed by atoms with van der Waals surface area (Å²) in [4.78, 5) is 4.13. The highest BCUT2D eigenvalue weighted by molar-refractivity contribution is 8.13. The average Bonchev–Trinajstić information content (AvgIpc) is 2.36. The number of amidine groups is 1. The molecule has 0 saturated carbocycles. The van der Waals surface area contributed by atoms with Crippen LogP contribution in [0.1, 0.15) is 20.8 Å². The number of nitrogens with one attached hydrogen (secondary N) is 1. The van der Waals surface area contributed by atoms with E-state index in [0.717, 1.165) is 0 Å². The maximum atomic E-state index is 13.9. The Morgan fingerprint density at radius 1 is 1.50 bits per heavy atom. The van der Waals surface area contributed by atoms with Crippen LogP contribution in [0.2, 0.25) is 0 Å². The summed E-state index contributed by atoms with van der Waals surface area (Å²) >= 11 is 1.28. The van der Waals surface area contributed by atoms with E-state index in [1.54, 1.807) is 24.6 Å². The number of ether oxygens (including phenoxy) is 1. The summed E-state index contributed by atoms with van der Waals surface area (Å²) < 4.78 is 19.3. The minimum atomic E-state index is -0.465. The van der Waals surface area contributed by atoms with Crippen molar-refractivity contribution in [3.8, 4) is 11.9 Å². The fourth-order valence-corrected chi connectivity index (χ4v) is 1.60.